The Hall–Kier alpha value is -0.963. The molecule has 62 valence electrons. The van der Waals surface area contributed by atoms with E-state index in [0.717, 1.165) is 6.42 Å². The Morgan fingerprint density at radius 1 is 1.00 bits per heavy atom. The van der Waals surface area contributed by atoms with Crippen LogP contribution in [-0.2, 0) is 6.42 Å². The van der Waals surface area contributed by atoms with Crippen LogP contribution in [0.15, 0.2) is 42.5 Å². The number of rotatable bonds is 0. The van der Waals surface area contributed by atoms with Gasteiger partial charge in [-0.25, -0.2) is 0 Å². The second-order valence-corrected chi connectivity index (χ2v) is 3.91. The fourth-order valence-electron chi connectivity index (χ4n) is 2.32. The van der Waals surface area contributed by atoms with Crippen molar-refractivity contribution in [3.63, 3.8) is 0 Å². The first kappa shape index (κ1) is 8.35. The van der Waals surface area contributed by atoms with Crippen molar-refractivity contribution in [3.05, 3.63) is 53.6 Å². The summed E-state index contributed by atoms with van der Waals surface area (Å²) in [4.78, 5) is 0. The average Bonchev–Trinajstić information content (AvgIpc) is 2.61. The van der Waals surface area contributed by atoms with E-state index in [2.05, 4.69) is 60.2 Å². The van der Waals surface area contributed by atoms with Gasteiger partial charge >= 0.3 is 92.8 Å². The molecule has 14 heavy (non-hydrogen) atoms. The van der Waals surface area contributed by atoms with Crippen LogP contribution in [0.4, 0.5) is 0 Å². The van der Waals surface area contributed by atoms with Gasteiger partial charge in [-0.05, 0) is 0 Å². The fraction of sp³-hybridized carbons (Fsp3) is 0.0769. The van der Waals surface area contributed by atoms with E-state index in [1.54, 1.807) is 0 Å². The van der Waals surface area contributed by atoms with Gasteiger partial charge < -0.3 is 0 Å². The van der Waals surface area contributed by atoms with Gasteiger partial charge in [0, 0.05) is 0 Å². The van der Waals surface area contributed by atoms with Crippen molar-refractivity contribution in [2.75, 3.05) is 0 Å². The van der Waals surface area contributed by atoms with Crippen molar-refractivity contribution in [1.82, 2.24) is 0 Å². The Labute approximate surface area is 92.8 Å². The topological polar surface area (TPSA) is 0 Å². The Kier molecular flexibility index (Phi) is 1.80. The van der Waals surface area contributed by atoms with Crippen molar-refractivity contribution in [1.29, 1.82) is 0 Å². The van der Waals surface area contributed by atoms with E-state index in [-0.39, 0.29) is 0 Å². The molecule has 2 aromatic carbocycles. The van der Waals surface area contributed by atoms with E-state index < -0.39 is 0 Å². The molecule has 0 atom stereocenters. The summed E-state index contributed by atoms with van der Waals surface area (Å²) in [6, 6.07) is 13.1. The van der Waals surface area contributed by atoms with E-state index in [0.29, 0.717) is 0 Å². The third kappa shape index (κ3) is 1.08. The van der Waals surface area contributed by atoms with Crippen molar-refractivity contribution in [2.24, 2.45) is 0 Å². The molecule has 1 heteroatoms. The molecule has 0 amide bonds. The molecule has 0 spiro atoms. The van der Waals surface area contributed by atoms with Gasteiger partial charge in [-0.3, -0.25) is 0 Å². The Balaban J connectivity index is 2.47. The molecule has 1 aliphatic carbocycles. The van der Waals surface area contributed by atoms with Crippen LogP contribution in [0.25, 0.3) is 15.0 Å². The van der Waals surface area contributed by atoms with Crippen LogP contribution in [0.5, 0.6) is 0 Å². The molecule has 1 aliphatic rings. The quantitative estimate of drug-likeness (QED) is 0.536. The van der Waals surface area contributed by atoms with E-state index in [9.17, 15) is 0 Å². The fourth-order valence-corrected chi connectivity index (χ4v) is 2.32. The summed E-state index contributed by atoms with van der Waals surface area (Å²) in [7, 11) is 0. The van der Waals surface area contributed by atoms with Crippen molar-refractivity contribution >= 4 is 32.7 Å². The summed E-state index contributed by atoms with van der Waals surface area (Å²) in [5.74, 6) is 0. The zero-order valence-corrected chi connectivity index (χ0v) is 8.25. The van der Waals surface area contributed by atoms with Gasteiger partial charge in [0.15, 0.2) is 0 Å². The minimum absolute atomic E-state index is 1.10. The van der Waals surface area contributed by atoms with Gasteiger partial charge in [-0.15, -0.1) is 0 Å². The standard InChI is InChI=1S/C13H9.Li/c1-2-6-12-10(4-1)8-9-11-5-3-7-13(11)12;/h1-4,6,8-9H,5H2;. The molecule has 2 aromatic rings. The van der Waals surface area contributed by atoms with E-state index in [1.165, 1.54) is 26.1 Å². The summed E-state index contributed by atoms with van der Waals surface area (Å²) in [5.41, 5.74) is 2.93. The second kappa shape index (κ2) is 3.02. The van der Waals surface area contributed by atoms with Crippen LogP contribution >= 0.6 is 0 Å². The number of fused-ring (bicyclic) bond motifs is 3. The maximum absolute atomic E-state index is 2.32. The molecule has 0 bridgehead atoms. The Morgan fingerprint density at radius 2 is 1.86 bits per heavy atom. The molecule has 0 radical (unpaired) electrons. The third-order valence-electron chi connectivity index (χ3n) is 3.04. The molecule has 0 fully saturated rings. The zero-order chi connectivity index (χ0) is 9.54. The molecule has 0 saturated heterocycles. The Morgan fingerprint density at radius 3 is 2.79 bits per heavy atom. The van der Waals surface area contributed by atoms with E-state index in [4.69, 9.17) is 0 Å². The van der Waals surface area contributed by atoms with Crippen LogP contribution in [-0.4, -0.2) is 17.7 Å². The second-order valence-electron chi connectivity index (χ2n) is 3.91. The summed E-state index contributed by atoms with van der Waals surface area (Å²) >= 11 is 2.21. The zero-order valence-electron chi connectivity index (χ0n) is 8.25. The molecule has 0 N–H and O–H groups in total. The molecule has 0 unspecified atom stereocenters. The van der Waals surface area contributed by atoms with Crippen molar-refractivity contribution < 1.29 is 0 Å². The molecule has 0 aliphatic heterocycles. The monoisotopic (exact) mass is 172 g/mol. The van der Waals surface area contributed by atoms with E-state index >= 15 is 0 Å². The molecule has 0 nitrogen and oxygen atoms in total. The van der Waals surface area contributed by atoms with Gasteiger partial charge in [-0.1, -0.05) is 0 Å². The molecule has 0 heterocycles. The predicted molar refractivity (Wildman–Crippen MR) is 61.4 cm³/mol. The van der Waals surface area contributed by atoms with Gasteiger partial charge in [0.1, 0.15) is 0 Å². The SMILES string of the molecule is [Li][C]1=CCc2ccc3ccccc3c21. The first-order valence-electron chi connectivity index (χ1n) is 5.04. The van der Waals surface area contributed by atoms with Crippen LogP contribution < -0.4 is 0 Å². The van der Waals surface area contributed by atoms with Gasteiger partial charge in [0.25, 0.3) is 0 Å². The number of hydrogen-bond acceptors (Lipinski definition) is 0. The summed E-state index contributed by atoms with van der Waals surface area (Å²) in [6.07, 6.45) is 3.42. The summed E-state index contributed by atoms with van der Waals surface area (Å²) in [6.45, 7) is 0. The summed E-state index contributed by atoms with van der Waals surface area (Å²) < 4.78 is 1.43. The molecule has 0 saturated carbocycles. The van der Waals surface area contributed by atoms with Gasteiger partial charge in [0.05, 0.1) is 0 Å². The predicted octanol–water partition coefficient (Wildman–Crippen LogP) is 2.91. The molecular weight excluding hydrogens is 163 g/mol. The van der Waals surface area contributed by atoms with Crippen LogP contribution in [0.1, 0.15) is 11.1 Å². The summed E-state index contributed by atoms with van der Waals surface area (Å²) in [5, 5.41) is 2.75. The van der Waals surface area contributed by atoms with Crippen molar-refractivity contribution in [3.8, 4) is 0 Å². The Bertz CT molecular complexity index is 538. The van der Waals surface area contributed by atoms with Crippen molar-refractivity contribution in [2.45, 2.75) is 6.42 Å². The van der Waals surface area contributed by atoms with E-state index in [1.807, 2.05) is 0 Å². The van der Waals surface area contributed by atoms with Crippen LogP contribution in [0.2, 0.25) is 0 Å². The van der Waals surface area contributed by atoms with Crippen LogP contribution in [0, 0.1) is 0 Å². The molecule has 3 rings (SSSR count). The minimum atomic E-state index is 1.10. The van der Waals surface area contributed by atoms with Gasteiger partial charge in [-0.2, -0.15) is 0 Å². The number of benzene rings is 2. The number of hydrogen-bond donors (Lipinski definition) is 0. The molecular formula is C13H9Li. The first-order valence-corrected chi connectivity index (χ1v) is 5.04. The maximum atomic E-state index is 2.32. The van der Waals surface area contributed by atoms with Crippen LogP contribution in [0.3, 0.4) is 0 Å². The first-order chi connectivity index (χ1) is 6.86. The average molecular weight is 172 g/mol. The molecule has 0 aromatic heterocycles. The normalized spacial score (nSPS) is 14.3. The van der Waals surface area contributed by atoms with Gasteiger partial charge in [0.2, 0.25) is 0 Å². The number of allylic oxidation sites excluding steroid dienone is 1. The third-order valence-corrected chi connectivity index (χ3v) is 3.04.